The molecule has 33 heavy (non-hydrogen) atoms. The van der Waals surface area contributed by atoms with Crippen molar-refractivity contribution in [3.63, 3.8) is 0 Å². The lowest BCUT2D eigenvalue weighted by Crippen LogP contribution is -2.62. The third-order valence-electron chi connectivity index (χ3n) is 7.20. The van der Waals surface area contributed by atoms with Crippen LogP contribution in [0.3, 0.4) is 0 Å². The van der Waals surface area contributed by atoms with Gasteiger partial charge in [-0.05, 0) is 47.7 Å². The molecule has 2 amide bonds. The number of fused-ring (bicyclic) bond motifs is 1. The number of aromatic nitrogens is 1. The highest BCUT2D eigenvalue weighted by atomic mass is 16.2. The van der Waals surface area contributed by atoms with Crippen LogP contribution in [0.1, 0.15) is 65.1 Å². The van der Waals surface area contributed by atoms with E-state index in [9.17, 15) is 9.59 Å². The summed E-state index contributed by atoms with van der Waals surface area (Å²) >= 11 is 0. The molecule has 2 heterocycles. The molecular formula is C28H29N3O2. The van der Waals surface area contributed by atoms with E-state index >= 15 is 0 Å². The maximum atomic E-state index is 13.8. The number of rotatable bonds is 5. The summed E-state index contributed by atoms with van der Waals surface area (Å²) in [4.78, 5) is 33.8. The second-order valence-corrected chi connectivity index (χ2v) is 9.13. The third-order valence-corrected chi connectivity index (χ3v) is 7.20. The van der Waals surface area contributed by atoms with Crippen molar-refractivity contribution >= 4 is 11.8 Å². The number of hydrogen-bond donors (Lipinski definition) is 1. The fourth-order valence-corrected chi connectivity index (χ4v) is 5.63. The fourth-order valence-electron chi connectivity index (χ4n) is 5.63. The van der Waals surface area contributed by atoms with Crippen LogP contribution >= 0.6 is 0 Å². The zero-order valence-electron chi connectivity index (χ0n) is 18.7. The fraction of sp³-hybridized carbons (Fsp3) is 0.321. The molecule has 168 valence electrons. The van der Waals surface area contributed by atoms with Gasteiger partial charge in [-0.1, -0.05) is 67.8 Å². The molecule has 5 heteroatoms. The summed E-state index contributed by atoms with van der Waals surface area (Å²) in [5.41, 5.74) is 3.10. The zero-order valence-corrected chi connectivity index (χ0v) is 18.7. The second kappa shape index (κ2) is 9.18. The maximum absolute atomic E-state index is 13.8. The van der Waals surface area contributed by atoms with Gasteiger partial charge in [-0.3, -0.25) is 14.6 Å². The van der Waals surface area contributed by atoms with E-state index in [2.05, 4.69) is 22.4 Å². The molecule has 1 aromatic heterocycles. The Morgan fingerprint density at radius 1 is 0.909 bits per heavy atom. The van der Waals surface area contributed by atoms with E-state index in [4.69, 9.17) is 0 Å². The van der Waals surface area contributed by atoms with E-state index < -0.39 is 11.5 Å². The summed E-state index contributed by atoms with van der Waals surface area (Å²) in [5, 5.41) is 3.18. The Kier molecular flexibility index (Phi) is 5.95. The lowest BCUT2D eigenvalue weighted by molar-refractivity contribution is -0.127. The molecule has 0 radical (unpaired) electrons. The second-order valence-electron chi connectivity index (χ2n) is 9.13. The van der Waals surface area contributed by atoms with Crippen molar-refractivity contribution in [2.45, 2.75) is 56.7 Å². The van der Waals surface area contributed by atoms with E-state index in [0.717, 1.165) is 48.8 Å². The van der Waals surface area contributed by atoms with Crippen molar-refractivity contribution in [1.29, 1.82) is 0 Å². The Morgan fingerprint density at radius 2 is 1.61 bits per heavy atom. The summed E-state index contributed by atoms with van der Waals surface area (Å²) in [6.45, 7) is 0.963. The minimum Gasteiger partial charge on any atom is -0.351 e. The summed E-state index contributed by atoms with van der Waals surface area (Å²) < 4.78 is 0. The van der Waals surface area contributed by atoms with Crippen LogP contribution in [0.2, 0.25) is 0 Å². The molecule has 0 unspecified atom stereocenters. The van der Waals surface area contributed by atoms with E-state index in [1.54, 1.807) is 12.4 Å². The molecular weight excluding hydrogens is 410 g/mol. The van der Waals surface area contributed by atoms with Crippen LogP contribution in [-0.4, -0.2) is 27.2 Å². The van der Waals surface area contributed by atoms with Crippen molar-refractivity contribution in [2.75, 3.05) is 0 Å². The van der Waals surface area contributed by atoms with Crippen molar-refractivity contribution < 1.29 is 9.59 Å². The van der Waals surface area contributed by atoms with Gasteiger partial charge in [0.05, 0.1) is 11.5 Å². The molecule has 1 spiro atoms. The molecule has 1 aliphatic carbocycles. The van der Waals surface area contributed by atoms with Crippen LogP contribution in [0, 0.1) is 0 Å². The Labute approximate surface area is 194 Å². The van der Waals surface area contributed by atoms with Crippen molar-refractivity contribution in [3.05, 3.63) is 101 Å². The molecule has 5 nitrogen and oxygen atoms in total. The molecule has 5 rings (SSSR count). The van der Waals surface area contributed by atoms with E-state index in [0.29, 0.717) is 18.7 Å². The molecule has 1 N–H and O–H groups in total. The van der Waals surface area contributed by atoms with Crippen LogP contribution in [0.15, 0.2) is 79.1 Å². The van der Waals surface area contributed by atoms with Gasteiger partial charge >= 0.3 is 0 Å². The summed E-state index contributed by atoms with van der Waals surface area (Å²) in [5.74, 6) is -0.362. The lowest BCUT2D eigenvalue weighted by atomic mass is 9.65. The molecule has 0 saturated heterocycles. The van der Waals surface area contributed by atoms with Gasteiger partial charge in [0.1, 0.15) is 0 Å². The SMILES string of the molecule is O=C(NCc1ccncc1)[C@H]1c2ccccc2C(=O)N(Cc2ccccc2)C12CCCCC2. The zero-order chi connectivity index (χ0) is 22.7. The average Bonchev–Trinajstić information content (AvgIpc) is 2.87. The van der Waals surface area contributed by atoms with Gasteiger partial charge in [-0.2, -0.15) is 0 Å². The summed E-state index contributed by atoms with van der Waals surface area (Å²) in [6.07, 6.45) is 8.34. The van der Waals surface area contributed by atoms with Gasteiger partial charge in [-0.15, -0.1) is 0 Å². The van der Waals surface area contributed by atoms with Gasteiger partial charge in [0.25, 0.3) is 5.91 Å². The molecule has 0 bridgehead atoms. The minimum atomic E-state index is -0.512. The third kappa shape index (κ3) is 4.04. The van der Waals surface area contributed by atoms with Crippen molar-refractivity contribution in [3.8, 4) is 0 Å². The van der Waals surface area contributed by atoms with Crippen LogP contribution in [0.4, 0.5) is 0 Å². The number of pyridine rings is 1. The first kappa shape index (κ1) is 21.4. The molecule has 1 aliphatic heterocycles. The number of nitrogens with zero attached hydrogens (tertiary/aromatic N) is 2. The number of hydrogen-bond acceptors (Lipinski definition) is 3. The van der Waals surface area contributed by atoms with E-state index in [-0.39, 0.29) is 11.8 Å². The summed E-state index contributed by atoms with van der Waals surface area (Å²) in [7, 11) is 0. The highest BCUT2D eigenvalue weighted by molar-refractivity contribution is 6.02. The smallest absolute Gasteiger partial charge is 0.254 e. The van der Waals surface area contributed by atoms with Gasteiger partial charge < -0.3 is 10.2 Å². The van der Waals surface area contributed by atoms with E-state index in [1.807, 2.05) is 59.5 Å². The predicted molar refractivity (Wildman–Crippen MR) is 127 cm³/mol. The number of carbonyl (C=O) groups is 2. The first-order valence-corrected chi connectivity index (χ1v) is 11.8. The van der Waals surface area contributed by atoms with Gasteiger partial charge in [-0.25, -0.2) is 0 Å². The van der Waals surface area contributed by atoms with Gasteiger partial charge in [0, 0.05) is 31.0 Å². The first-order valence-electron chi connectivity index (χ1n) is 11.8. The number of amides is 2. The minimum absolute atomic E-state index is 0.00766. The Bertz CT molecular complexity index is 1120. The topological polar surface area (TPSA) is 62.3 Å². The number of nitrogens with one attached hydrogen (secondary N) is 1. The monoisotopic (exact) mass is 439 g/mol. The van der Waals surface area contributed by atoms with E-state index in [1.165, 1.54) is 0 Å². The maximum Gasteiger partial charge on any atom is 0.254 e. The molecule has 1 saturated carbocycles. The molecule has 1 atom stereocenters. The molecule has 2 aliphatic rings. The van der Waals surface area contributed by atoms with Crippen molar-refractivity contribution in [1.82, 2.24) is 15.2 Å². The van der Waals surface area contributed by atoms with Gasteiger partial charge in [0.15, 0.2) is 0 Å². The quantitative estimate of drug-likeness (QED) is 0.619. The highest BCUT2D eigenvalue weighted by Gasteiger charge is 2.54. The average molecular weight is 440 g/mol. The Balaban J connectivity index is 1.56. The molecule has 3 aromatic rings. The van der Waals surface area contributed by atoms with Crippen LogP contribution in [0.5, 0.6) is 0 Å². The van der Waals surface area contributed by atoms with Crippen LogP contribution in [-0.2, 0) is 17.9 Å². The standard InChI is InChI=1S/C28H29N3O2/c32-26(30-19-21-13-17-29-18-14-21)25-23-11-5-6-12-24(23)27(33)31(20-22-9-3-1-4-10-22)28(25)15-7-2-8-16-28/h1,3-6,9-14,17-18,25H,2,7-8,15-16,19-20H2,(H,30,32)/t25-/m1/s1. The van der Waals surface area contributed by atoms with Crippen LogP contribution < -0.4 is 5.32 Å². The molecule has 2 aromatic carbocycles. The van der Waals surface area contributed by atoms with Gasteiger partial charge in [0.2, 0.25) is 5.91 Å². The summed E-state index contributed by atoms with van der Waals surface area (Å²) in [6, 6.07) is 21.6. The van der Waals surface area contributed by atoms with Crippen molar-refractivity contribution in [2.24, 2.45) is 0 Å². The predicted octanol–water partition coefficient (Wildman–Crippen LogP) is 4.84. The largest absolute Gasteiger partial charge is 0.351 e. The number of carbonyl (C=O) groups excluding carboxylic acids is 2. The Morgan fingerprint density at radius 3 is 2.36 bits per heavy atom. The van der Waals surface area contributed by atoms with Crippen LogP contribution in [0.25, 0.3) is 0 Å². The first-order chi connectivity index (χ1) is 16.2. The lowest BCUT2D eigenvalue weighted by Gasteiger charge is -2.53. The number of benzene rings is 2. The Hall–Kier alpha value is -3.47. The normalized spacial score (nSPS) is 19.2. The molecule has 1 fully saturated rings. The highest BCUT2D eigenvalue weighted by Crippen LogP contribution is 2.49.